The summed E-state index contributed by atoms with van der Waals surface area (Å²) >= 11 is 0. The zero-order chi connectivity index (χ0) is 18.2. The van der Waals surface area contributed by atoms with Crippen LogP contribution in [-0.4, -0.2) is 13.2 Å². The molecule has 138 valence electrons. The van der Waals surface area contributed by atoms with Crippen LogP contribution in [0.1, 0.15) is 30.9 Å². The summed E-state index contributed by atoms with van der Waals surface area (Å²) in [5, 5.41) is 0. The molecule has 0 saturated heterocycles. The molecule has 2 unspecified atom stereocenters. The van der Waals surface area contributed by atoms with Gasteiger partial charge in [0.2, 0.25) is 0 Å². The highest BCUT2D eigenvalue weighted by Gasteiger charge is 2.42. The van der Waals surface area contributed by atoms with Gasteiger partial charge in [0.1, 0.15) is 0 Å². The molecule has 1 saturated carbocycles. The lowest BCUT2D eigenvalue weighted by Gasteiger charge is -2.29. The van der Waals surface area contributed by atoms with E-state index in [2.05, 4.69) is 68.1 Å². The normalized spacial score (nSPS) is 21.6. The summed E-state index contributed by atoms with van der Waals surface area (Å²) in [6, 6.07) is 20.8. The molecule has 0 spiro atoms. The van der Waals surface area contributed by atoms with E-state index >= 15 is 0 Å². The molecule has 2 heteroatoms. The molecular formula is C24H30O2. The number of benzene rings is 2. The summed E-state index contributed by atoms with van der Waals surface area (Å²) in [7, 11) is 0. The van der Waals surface area contributed by atoms with Crippen LogP contribution in [0.25, 0.3) is 0 Å². The summed E-state index contributed by atoms with van der Waals surface area (Å²) in [4.78, 5) is 0. The molecule has 0 bridgehead atoms. The fourth-order valence-corrected chi connectivity index (χ4v) is 4.13. The molecule has 26 heavy (non-hydrogen) atoms. The first kappa shape index (κ1) is 18.9. The molecule has 0 radical (unpaired) electrons. The van der Waals surface area contributed by atoms with Crippen LogP contribution in [0, 0.1) is 17.3 Å². The van der Waals surface area contributed by atoms with Crippen molar-refractivity contribution in [1.82, 2.24) is 0 Å². The third-order valence-electron chi connectivity index (χ3n) is 5.50. The van der Waals surface area contributed by atoms with Crippen LogP contribution in [0.5, 0.6) is 0 Å². The van der Waals surface area contributed by atoms with Gasteiger partial charge in [0.25, 0.3) is 0 Å². The fraction of sp³-hybridized carbons (Fsp3) is 0.417. The second kappa shape index (κ2) is 9.16. The Balaban J connectivity index is 1.58. The highest BCUT2D eigenvalue weighted by molar-refractivity contribution is 5.14. The van der Waals surface area contributed by atoms with E-state index in [-0.39, 0.29) is 5.41 Å². The minimum Gasteiger partial charge on any atom is -0.376 e. The number of hydrogen-bond donors (Lipinski definition) is 0. The minimum absolute atomic E-state index is 0.0852. The summed E-state index contributed by atoms with van der Waals surface area (Å²) in [5.41, 5.74) is 2.53. The fourth-order valence-electron chi connectivity index (χ4n) is 4.13. The van der Waals surface area contributed by atoms with Gasteiger partial charge in [0, 0.05) is 5.41 Å². The van der Waals surface area contributed by atoms with Gasteiger partial charge in [-0.3, -0.25) is 0 Å². The van der Waals surface area contributed by atoms with Gasteiger partial charge in [-0.25, -0.2) is 0 Å². The molecule has 2 atom stereocenters. The Morgan fingerprint density at radius 3 is 1.81 bits per heavy atom. The predicted molar refractivity (Wildman–Crippen MR) is 107 cm³/mol. The summed E-state index contributed by atoms with van der Waals surface area (Å²) < 4.78 is 12.3. The van der Waals surface area contributed by atoms with Crippen LogP contribution >= 0.6 is 0 Å². The van der Waals surface area contributed by atoms with Crippen molar-refractivity contribution < 1.29 is 9.47 Å². The molecule has 2 aromatic rings. The van der Waals surface area contributed by atoms with E-state index in [1.807, 2.05) is 12.1 Å². The quantitative estimate of drug-likeness (QED) is 0.545. The Kier molecular flexibility index (Phi) is 6.65. The lowest BCUT2D eigenvalue weighted by Crippen LogP contribution is -2.30. The number of ether oxygens (including phenoxy) is 2. The van der Waals surface area contributed by atoms with Gasteiger partial charge >= 0.3 is 0 Å². The first-order valence-corrected chi connectivity index (χ1v) is 9.57. The lowest BCUT2D eigenvalue weighted by atomic mass is 9.86. The number of hydrogen-bond acceptors (Lipinski definition) is 2. The molecule has 0 amide bonds. The Labute approximate surface area is 157 Å². The van der Waals surface area contributed by atoms with Gasteiger partial charge in [-0.1, -0.05) is 73.7 Å². The smallest absolute Gasteiger partial charge is 0.0717 e. The molecule has 3 rings (SSSR count). The number of rotatable bonds is 9. The molecule has 1 fully saturated rings. The SMILES string of the molecule is C=CC1CC(COCc2ccccc2)(COCc2ccccc2)CC1C. The molecule has 2 nitrogen and oxygen atoms in total. The molecule has 1 aliphatic carbocycles. The highest BCUT2D eigenvalue weighted by Crippen LogP contribution is 2.46. The first-order chi connectivity index (χ1) is 12.7. The van der Waals surface area contributed by atoms with Crippen LogP contribution in [0.3, 0.4) is 0 Å². The van der Waals surface area contributed by atoms with Gasteiger partial charge in [-0.15, -0.1) is 6.58 Å². The van der Waals surface area contributed by atoms with Crippen molar-refractivity contribution >= 4 is 0 Å². The van der Waals surface area contributed by atoms with E-state index in [0.717, 1.165) is 26.1 Å². The van der Waals surface area contributed by atoms with Crippen molar-refractivity contribution in [3.05, 3.63) is 84.4 Å². The van der Waals surface area contributed by atoms with Gasteiger partial charge < -0.3 is 9.47 Å². The molecule has 0 aliphatic heterocycles. The third-order valence-corrected chi connectivity index (χ3v) is 5.50. The van der Waals surface area contributed by atoms with Crippen LogP contribution in [0.4, 0.5) is 0 Å². The van der Waals surface area contributed by atoms with E-state index in [1.165, 1.54) is 11.1 Å². The highest BCUT2D eigenvalue weighted by atomic mass is 16.5. The standard InChI is InChI=1S/C24H30O2/c1-3-23-15-24(14-20(23)2,18-25-16-21-10-6-4-7-11-21)19-26-17-22-12-8-5-9-13-22/h3-13,20,23H,1,14-19H2,2H3. The average Bonchev–Trinajstić information content (AvgIpc) is 2.99. The van der Waals surface area contributed by atoms with Gasteiger partial charge in [-0.05, 0) is 35.8 Å². The Bertz CT molecular complexity index is 620. The van der Waals surface area contributed by atoms with Crippen molar-refractivity contribution in [3.8, 4) is 0 Å². The first-order valence-electron chi connectivity index (χ1n) is 9.57. The van der Waals surface area contributed by atoms with E-state index < -0.39 is 0 Å². The lowest BCUT2D eigenvalue weighted by molar-refractivity contribution is -0.0321. The molecular weight excluding hydrogens is 320 g/mol. The Hall–Kier alpha value is -1.90. The molecule has 0 aromatic heterocycles. The van der Waals surface area contributed by atoms with Crippen LogP contribution in [0.2, 0.25) is 0 Å². The van der Waals surface area contributed by atoms with Crippen LogP contribution < -0.4 is 0 Å². The Morgan fingerprint density at radius 2 is 1.38 bits per heavy atom. The number of allylic oxidation sites excluding steroid dienone is 1. The molecule has 2 aromatic carbocycles. The molecule has 0 N–H and O–H groups in total. The van der Waals surface area contributed by atoms with E-state index in [4.69, 9.17) is 9.47 Å². The van der Waals surface area contributed by atoms with Gasteiger partial charge in [0.05, 0.1) is 26.4 Å². The second-order valence-electron chi connectivity index (χ2n) is 7.74. The zero-order valence-electron chi connectivity index (χ0n) is 15.8. The van der Waals surface area contributed by atoms with Crippen LogP contribution in [0.15, 0.2) is 73.3 Å². The minimum atomic E-state index is 0.0852. The van der Waals surface area contributed by atoms with E-state index in [9.17, 15) is 0 Å². The topological polar surface area (TPSA) is 18.5 Å². The van der Waals surface area contributed by atoms with Gasteiger partial charge in [0.15, 0.2) is 0 Å². The maximum absolute atomic E-state index is 6.14. The second-order valence-corrected chi connectivity index (χ2v) is 7.74. The summed E-state index contributed by atoms with van der Waals surface area (Å²) in [6.07, 6.45) is 4.34. The monoisotopic (exact) mass is 350 g/mol. The van der Waals surface area contributed by atoms with Crippen LogP contribution in [-0.2, 0) is 22.7 Å². The van der Waals surface area contributed by atoms with Crippen molar-refractivity contribution in [3.63, 3.8) is 0 Å². The molecule has 0 heterocycles. The third kappa shape index (κ3) is 5.06. The van der Waals surface area contributed by atoms with Crippen molar-refractivity contribution in [2.75, 3.05) is 13.2 Å². The summed E-state index contributed by atoms with van der Waals surface area (Å²) in [5.74, 6) is 1.18. The van der Waals surface area contributed by atoms with Crippen molar-refractivity contribution in [2.24, 2.45) is 17.3 Å². The van der Waals surface area contributed by atoms with E-state index in [0.29, 0.717) is 25.0 Å². The summed E-state index contributed by atoms with van der Waals surface area (Å²) in [6.45, 7) is 9.16. The van der Waals surface area contributed by atoms with Gasteiger partial charge in [-0.2, -0.15) is 0 Å². The maximum atomic E-state index is 6.14. The molecule has 1 aliphatic rings. The average molecular weight is 351 g/mol. The maximum Gasteiger partial charge on any atom is 0.0717 e. The van der Waals surface area contributed by atoms with E-state index in [1.54, 1.807) is 0 Å². The Morgan fingerprint density at radius 1 is 0.885 bits per heavy atom. The van der Waals surface area contributed by atoms with Crippen molar-refractivity contribution in [2.45, 2.75) is 33.0 Å². The van der Waals surface area contributed by atoms with Crippen molar-refractivity contribution in [1.29, 1.82) is 0 Å². The predicted octanol–water partition coefficient (Wildman–Crippen LogP) is 5.64. The zero-order valence-corrected chi connectivity index (χ0v) is 15.8. The largest absolute Gasteiger partial charge is 0.376 e.